The van der Waals surface area contributed by atoms with E-state index in [1.165, 1.54) is 22.9 Å². The van der Waals surface area contributed by atoms with Gasteiger partial charge in [0, 0.05) is 24.1 Å². The lowest BCUT2D eigenvalue weighted by atomic mass is 10.2. The van der Waals surface area contributed by atoms with E-state index in [0.29, 0.717) is 6.04 Å². The van der Waals surface area contributed by atoms with E-state index >= 15 is 0 Å². The van der Waals surface area contributed by atoms with Crippen LogP contribution in [0.15, 0.2) is 0 Å². The number of aryl methyl sites for hydroxylation is 2. The van der Waals surface area contributed by atoms with Crippen LogP contribution in [-0.2, 0) is 6.54 Å². The third-order valence-electron chi connectivity index (χ3n) is 2.67. The molecule has 2 rings (SSSR count). The van der Waals surface area contributed by atoms with Crippen LogP contribution in [0.2, 0.25) is 0 Å². The molecular weight excluding hydrogens is 194 g/mol. The zero-order valence-corrected chi connectivity index (χ0v) is 9.82. The normalized spacial score (nSPS) is 16.8. The van der Waals surface area contributed by atoms with Gasteiger partial charge in [-0.1, -0.05) is 0 Å². The highest BCUT2D eigenvalue weighted by atomic mass is 32.2. The summed E-state index contributed by atoms with van der Waals surface area (Å²) in [5, 5.41) is 8.05. The fourth-order valence-corrected chi connectivity index (χ4v) is 2.37. The van der Waals surface area contributed by atoms with Crippen molar-refractivity contribution in [1.82, 2.24) is 9.78 Å². The molecule has 1 aromatic rings. The second-order valence-corrected chi connectivity index (χ2v) is 4.82. The van der Waals surface area contributed by atoms with E-state index in [-0.39, 0.29) is 0 Å². The van der Waals surface area contributed by atoms with E-state index in [4.69, 9.17) is 0 Å². The Labute approximate surface area is 89.3 Å². The minimum Gasteiger partial charge on any atom is -0.378 e. The molecule has 0 spiro atoms. The van der Waals surface area contributed by atoms with Crippen LogP contribution >= 0.6 is 11.8 Å². The second-order valence-electron chi connectivity index (χ2n) is 3.74. The molecule has 0 amide bonds. The highest BCUT2D eigenvalue weighted by Gasteiger charge is 2.20. The summed E-state index contributed by atoms with van der Waals surface area (Å²) in [5.74, 6) is 2.46. The van der Waals surface area contributed by atoms with Crippen LogP contribution in [0.1, 0.15) is 18.3 Å². The van der Waals surface area contributed by atoms with Gasteiger partial charge in [-0.2, -0.15) is 16.9 Å². The molecule has 3 nitrogen and oxygen atoms in total. The molecule has 1 aromatic heterocycles. The molecule has 1 fully saturated rings. The first-order chi connectivity index (χ1) is 6.72. The van der Waals surface area contributed by atoms with Crippen molar-refractivity contribution >= 4 is 17.4 Å². The Morgan fingerprint density at radius 1 is 1.50 bits per heavy atom. The molecule has 0 aliphatic carbocycles. The standard InChI is InChI=1S/C10H17N3S/c1-4-13-8(3)10(7(2)12-13)11-9-5-14-6-9/h9,11H,4-6H2,1-3H3. The summed E-state index contributed by atoms with van der Waals surface area (Å²) in [5.41, 5.74) is 3.64. The number of thioether (sulfide) groups is 1. The van der Waals surface area contributed by atoms with Gasteiger partial charge in [0.25, 0.3) is 0 Å². The second kappa shape index (κ2) is 3.85. The van der Waals surface area contributed by atoms with E-state index in [0.717, 1.165) is 12.2 Å². The number of anilines is 1. The fourth-order valence-electron chi connectivity index (χ4n) is 1.74. The van der Waals surface area contributed by atoms with Crippen molar-refractivity contribution in [3.63, 3.8) is 0 Å². The van der Waals surface area contributed by atoms with Gasteiger partial charge in [-0.25, -0.2) is 0 Å². The number of hydrogen-bond acceptors (Lipinski definition) is 3. The quantitative estimate of drug-likeness (QED) is 0.830. The Morgan fingerprint density at radius 2 is 2.21 bits per heavy atom. The zero-order valence-electron chi connectivity index (χ0n) is 9.00. The zero-order chi connectivity index (χ0) is 10.1. The third kappa shape index (κ3) is 1.63. The summed E-state index contributed by atoms with van der Waals surface area (Å²) in [7, 11) is 0. The first-order valence-corrected chi connectivity index (χ1v) is 6.26. The molecule has 2 heterocycles. The number of aromatic nitrogens is 2. The van der Waals surface area contributed by atoms with Crippen molar-refractivity contribution in [2.45, 2.75) is 33.4 Å². The Hall–Kier alpha value is -0.640. The minimum absolute atomic E-state index is 0.659. The number of hydrogen-bond donors (Lipinski definition) is 1. The summed E-state index contributed by atoms with van der Waals surface area (Å²) in [4.78, 5) is 0. The molecule has 14 heavy (non-hydrogen) atoms. The smallest absolute Gasteiger partial charge is 0.0828 e. The van der Waals surface area contributed by atoms with E-state index in [2.05, 4.69) is 35.9 Å². The van der Waals surface area contributed by atoms with Crippen LogP contribution in [0, 0.1) is 13.8 Å². The van der Waals surface area contributed by atoms with E-state index in [9.17, 15) is 0 Å². The minimum atomic E-state index is 0.659. The van der Waals surface area contributed by atoms with Crippen LogP contribution in [0.5, 0.6) is 0 Å². The molecule has 0 atom stereocenters. The molecule has 0 bridgehead atoms. The molecule has 1 aliphatic heterocycles. The van der Waals surface area contributed by atoms with Gasteiger partial charge in [-0.05, 0) is 20.8 Å². The van der Waals surface area contributed by atoms with Gasteiger partial charge in [0.1, 0.15) is 0 Å². The first-order valence-electron chi connectivity index (χ1n) is 5.10. The van der Waals surface area contributed by atoms with Crippen LogP contribution in [0.4, 0.5) is 5.69 Å². The predicted molar refractivity (Wildman–Crippen MR) is 62.1 cm³/mol. The van der Waals surface area contributed by atoms with Crippen LogP contribution in [-0.4, -0.2) is 27.3 Å². The molecule has 1 N–H and O–H groups in total. The third-order valence-corrected chi connectivity index (χ3v) is 3.94. The number of nitrogens with one attached hydrogen (secondary N) is 1. The lowest BCUT2D eigenvalue weighted by Gasteiger charge is -2.27. The fraction of sp³-hybridized carbons (Fsp3) is 0.700. The van der Waals surface area contributed by atoms with Gasteiger partial charge >= 0.3 is 0 Å². The Kier molecular flexibility index (Phi) is 2.72. The van der Waals surface area contributed by atoms with Crippen molar-refractivity contribution in [2.75, 3.05) is 16.8 Å². The largest absolute Gasteiger partial charge is 0.378 e. The molecule has 0 radical (unpaired) electrons. The maximum atomic E-state index is 4.49. The van der Waals surface area contributed by atoms with Crippen LogP contribution in [0.3, 0.4) is 0 Å². The van der Waals surface area contributed by atoms with E-state index in [1.54, 1.807) is 0 Å². The monoisotopic (exact) mass is 211 g/mol. The molecule has 0 unspecified atom stereocenters. The van der Waals surface area contributed by atoms with E-state index in [1.807, 2.05) is 11.8 Å². The molecular formula is C10H17N3S. The van der Waals surface area contributed by atoms with Crippen molar-refractivity contribution in [3.8, 4) is 0 Å². The number of rotatable bonds is 3. The maximum Gasteiger partial charge on any atom is 0.0828 e. The van der Waals surface area contributed by atoms with Crippen molar-refractivity contribution in [3.05, 3.63) is 11.4 Å². The molecule has 4 heteroatoms. The van der Waals surface area contributed by atoms with E-state index < -0.39 is 0 Å². The average molecular weight is 211 g/mol. The average Bonchev–Trinajstić information content (AvgIpc) is 2.36. The summed E-state index contributed by atoms with van der Waals surface area (Å²) in [6, 6.07) is 0.659. The van der Waals surface area contributed by atoms with Crippen LogP contribution in [0.25, 0.3) is 0 Å². The molecule has 1 saturated heterocycles. The van der Waals surface area contributed by atoms with Gasteiger partial charge < -0.3 is 5.32 Å². The predicted octanol–water partition coefficient (Wildman–Crippen LogP) is 2.05. The van der Waals surface area contributed by atoms with Gasteiger partial charge in [-0.3, -0.25) is 4.68 Å². The van der Waals surface area contributed by atoms with Crippen molar-refractivity contribution in [2.24, 2.45) is 0 Å². The van der Waals surface area contributed by atoms with Gasteiger partial charge in [0.2, 0.25) is 0 Å². The topological polar surface area (TPSA) is 29.9 Å². The Balaban J connectivity index is 2.18. The number of nitrogens with zero attached hydrogens (tertiary/aromatic N) is 2. The van der Waals surface area contributed by atoms with Gasteiger partial charge in [-0.15, -0.1) is 0 Å². The molecule has 0 saturated carbocycles. The highest BCUT2D eigenvalue weighted by Crippen LogP contribution is 2.26. The molecule has 0 aromatic carbocycles. The Morgan fingerprint density at radius 3 is 2.64 bits per heavy atom. The SMILES string of the molecule is CCn1nc(C)c(NC2CSC2)c1C. The first kappa shape index (κ1) is 9.90. The van der Waals surface area contributed by atoms with Gasteiger partial charge in [0.05, 0.1) is 17.1 Å². The van der Waals surface area contributed by atoms with Crippen molar-refractivity contribution in [1.29, 1.82) is 0 Å². The van der Waals surface area contributed by atoms with Gasteiger partial charge in [0.15, 0.2) is 0 Å². The van der Waals surface area contributed by atoms with Crippen molar-refractivity contribution < 1.29 is 0 Å². The lowest BCUT2D eigenvalue weighted by molar-refractivity contribution is 0.634. The summed E-state index contributed by atoms with van der Waals surface area (Å²) < 4.78 is 2.06. The summed E-state index contributed by atoms with van der Waals surface area (Å²) in [6.07, 6.45) is 0. The lowest BCUT2D eigenvalue weighted by Crippen LogP contribution is -2.33. The highest BCUT2D eigenvalue weighted by molar-refractivity contribution is 8.00. The maximum absolute atomic E-state index is 4.49. The molecule has 78 valence electrons. The summed E-state index contributed by atoms with van der Waals surface area (Å²) >= 11 is 2.00. The van der Waals surface area contributed by atoms with Crippen LogP contribution < -0.4 is 5.32 Å². The Bertz CT molecular complexity index is 328. The summed E-state index contributed by atoms with van der Waals surface area (Å²) in [6.45, 7) is 7.29. The molecule has 1 aliphatic rings.